The van der Waals surface area contributed by atoms with E-state index in [9.17, 15) is 0 Å². The quantitative estimate of drug-likeness (QED) is 0.804. The fourth-order valence-corrected chi connectivity index (χ4v) is 3.91. The lowest BCUT2D eigenvalue weighted by molar-refractivity contribution is 0.656. The summed E-state index contributed by atoms with van der Waals surface area (Å²) in [5.74, 6) is 0.707. The van der Waals surface area contributed by atoms with E-state index in [0.29, 0.717) is 5.92 Å². The van der Waals surface area contributed by atoms with Crippen LogP contribution >= 0.6 is 11.6 Å². The van der Waals surface area contributed by atoms with Gasteiger partial charge in [0.1, 0.15) is 0 Å². The predicted octanol–water partition coefficient (Wildman–Crippen LogP) is 3.47. The van der Waals surface area contributed by atoms with Gasteiger partial charge in [-0.3, -0.25) is 0 Å². The Morgan fingerprint density at radius 3 is 2.88 bits per heavy atom. The molecule has 1 aliphatic carbocycles. The van der Waals surface area contributed by atoms with Gasteiger partial charge in [0, 0.05) is 5.02 Å². The van der Waals surface area contributed by atoms with Gasteiger partial charge in [0.2, 0.25) is 0 Å². The van der Waals surface area contributed by atoms with E-state index in [2.05, 4.69) is 18.3 Å². The van der Waals surface area contributed by atoms with Gasteiger partial charge in [0.15, 0.2) is 0 Å². The smallest absolute Gasteiger partial charge is 0.0446 e. The zero-order chi connectivity index (χ0) is 11.8. The molecule has 92 valence electrons. The third-order valence-electron chi connectivity index (χ3n) is 4.40. The van der Waals surface area contributed by atoms with Crippen molar-refractivity contribution in [3.63, 3.8) is 0 Å². The first-order valence-corrected chi connectivity index (χ1v) is 7.22. The number of hydrogen-bond donors (Lipinski definition) is 1. The van der Waals surface area contributed by atoms with Gasteiger partial charge in [0.25, 0.3) is 0 Å². The normalized spacial score (nSPS) is 23.1. The summed E-state index contributed by atoms with van der Waals surface area (Å²) in [6.45, 7) is 4.50. The third-order valence-corrected chi connectivity index (χ3v) is 4.71. The SMILES string of the molecule is CCC1CCc2c3c(cc(Cl)c21)CCNCC3. The lowest BCUT2D eigenvalue weighted by Gasteiger charge is -2.16. The second kappa shape index (κ2) is 4.62. The maximum atomic E-state index is 6.51. The van der Waals surface area contributed by atoms with E-state index in [0.717, 1.165) is 24.5 Å². The van der Waals surface area contributed by atoms with Gasteiger partial charge >= 0.3 is 0 Å². The Kier molecular flexibility index (Phi) is 3.14. The molecule has 0 amide bonds. The molecule has 0 radical (unpaired) electrons. The van der Waals surface area contributed by atoms with Crippen molar-refractivity contribution in [2.45, 2.75) is 44.9 Å². The van der Waals surface area contributed by atoms with Crippen molar-refractivity contribution in [1.29, 1.82) is 0 Å². The minimum atomic E-state index is 0.707. The van der Waals surface area contributed by atoms with Gasteiger partial charge in [0.05, 0.1) is 0 Å². The first-order chi connectivity index (χ1) is 8.31. The minimum Gasteiger partial charge on any atom is -0.316 e. The van der Waals surface area contributed by atoms with Gasteiger partial charge in [-0.25, -0.2) is 0 Å². The standard InChI is InChI=1S/C15H20ClN/c1-2-10-3-4-13-12-6-8-17-7-5-11(12)9-14(16)15(10)13/h9-10,17H,2-8H2,1H3. The van der Waals surface area contributed by atoms with E-state index in [4.69, 9.17) is 11.6 Å². The fraction of sp³-hybridized carbons (Fsp3) is 0.600. The zero-order valence-electron chi connectivity index (χ0n) is 10.5. The topological polar surface area (TPSA) is 12.0 Å². The Balaban J connectivity index is 2.13. The van der Waals surface area contributed by atoms with Crippen LogP contribution in [0.5, 0.6) is 0 Å². The molecule has 3 rings (SSSR count). The summed E-state index contributed by atoms with van der Waals surface area (Å²) in [7, 11) is 0. The van der Waals surface area contributed by atoms with Crippen molar-refractivity contribution in [2.24, 2.45) is 0 Å². The van der Waals surface area contributed by atoms with Crippen molar-refractivity contribution < 1.29 is 0 Å². The van der Waals surface area contributed by atoms with Crippen molar-refractivity contribution in [1.82, 2.24) is 5.32 Å². The molecule has 1 heterocycles. The minimum absolute atomic E-state index is 0.707. The fourth-order valence-electron chi connectivity index (χ4n) is 3.51. The van der Waals surface area contributed by atoms with Crippen LogP contribution in [0.15, 0.2) is 6.07 Å². The molecule has 0 fully saturated rings. The Hall–Kier alpha value is -0.530. The number of benzene rings is 1. The van der Waals surface area contributed by atoms with E-state index in [1.165, 1.54) is 36.8 Å². The highest BCUT2D eigenvalue weighted by atomic mass is 35.5. The molecule has 0 spiro atoms. The monoisotopic (exact) mass is 249 g/mol. The number of hydrogen-bond acceptors (Lipinski definition) is 1. The highest BCUT2D eigenvalue weighted by Gasteiger charge is 2.28. The molecule has 1 nitrogen and oxygen atoms in total. The summed E-state index contributed by atoms with van der Waals surface area (Å²) in [6.07, 6.45) is 6.10. The Bertz CT molecular complexity index is 439. The van der Waals surface area contributed by atoms with Crippen LogP contribution in [0.25, 0.3) is 0 Å². The summed E-state index contributed by atoms with van der Waals surface area (Å²) in [4.78, 5) is 0. The van der Waals surface area contributed by atoms with E-state index in [1.54, 1.807) is 11.1 Å². The lowest BCUT2D eigenvalue weighted by atomic mass is 9.91. The van der Waals surface area contributed by atoms with E-state index >= 15 is 0 Å². The molecule has 0 saturated carbocycles. The summed E-state index contributed by atoms with van der Waals surface area (Å²) < 4.78 is 0. The molecule has 1 unspecified atom stereocenters. The van der Waals surface area contributed by atoms with Gasteiger partial charge in [-0.15, -0.1) is 0 Å². The molecule has 0 saturated heterocycles. The van der Waals surface area contributed by atoms with Crippen LogP contribution in [-0.4, -0.2) is 13.1 Å². The van der Waals surface area contributed by atoms with Crippen LogP contribution < -0.4 is 5.32 Å². The molecule has 0 bridgehead atoms. The van der Waals surface area contributed by atoms with Crippen molar-refractivity contribution in [2.75, 3.05) is 13.1 Å². The molecule has 2 aliphatic rings. The largest absolute Gasteiger partial charge is 0.316 e. The Morgan fingerprint density at radius 2 is 2.06 bits per heavy atom. The molecule has 1 aromatic carbocycles. The lowest BCUT2D eigenvalue weighted by Crippen LogP contribution is -2.16. The summed E-state index contributed by atoms with van der Waals surface area (Å²) >= 11 is 6.51. The second-order valence-corrected chi connectivity index (χ2v) is 5.69. The zero-order valence-corrected chi connectivity index (χ0v) is 11.2. The molecule has 1 aromatic rings. The molecule has 2 heteroatoms. The van der Waals surface area contributed by atoms with Crippen LogP contribution in [0.3, 0.4) is 0 Å². The highest BCUT2D eigenvalue weighted by Crippen LogP contribution is 2.43. The molecular formula is C15H20ClN. The number of rotatable bonds is 1. The van der Waals surface area contributed by atoms with Gasteiger partial charge in [-0.05, 0) is 79.4 Å². The van der Waals surface area contributed by atoms with Gasteiger partial charge < -0.3 is 5.32 Å². The summed E-state index contributed by atoms with van der Waals surface area (Å²) in [5.41, 5.74) is 6.19. The first kappa shape index (κ1) is 11.6. The van der Waals surface area contributed by atoms with Crippen molar-refractivity contribution in [3.05, 3.63) is 33.3 Å². The van der Waals surface area contributed by atoms with Gasteiger partial charge in [-0.2, -0.15) is 0 Å². The number of halogens is 1. The molecule has 1 N–H and O–H groups in total. The average Bonchev–Trinajstić information content (AvgIpc) is 2.63. The highest BCUT2D eigenvalue weighted by molar-refractivity contribution is 6.31. The first-order valence-electron chi connectivity index (χ1n) is 6.85. The van der Waals surface area contributed by atoms with Crippen LogP contribution in [0, 0.1) is 0 Å². The van der Waals surface area contributed by atoms with Crippen LogP contribution in [0.1, 0.15) is 47.9 Å². The third kappa shape index (κ3) is 1.90. The van der Waals surface area contributed by atoms with Crippen LogP contribution in [0.2, 0.25) is 5.02 Å². The van der Waals surface area contributed by atoms with Crippen LogP contribution in [0.4, 0.5) is 0 Å². The molecule has 1 atom stereocenters. The molecular weight excluding hydrogens is 230 g/mol. The Morgan fingerprint density at radius 1 is 1.24 bits per heavy atom. The average molecular weight is 250 g/mol. The van der Waals surface area contributed by atoms with E-state index in [1.807, 2.05) is 0 Å². The van der Waals surface area contributed by atoms with Crippen molar-refractivity contribution >= 4 is 11.6 Å². The summed E-state index contributed by atoms with van der Waals surface area (Å²) in [6, 6.07) is 2.25. The maximum absolute atomic E-state index is 6.51. The Labute approximate surface area is 109 Å². The van der Waals surface area contributed by atoms with E-state index in [-0.39, 0.29) is 0 Å². The molecule has 17 heavy (non-hydrogen) atoms. The summed E-state index contributed by atoms with van der Waals surface area (Å²) in [5, 5.41) is 4.52. The number of fused-ring (bicyclic) bond motifs is 3. The number of nitrogens with one attached hydrogen (secondary N) is 1. The van der Waals surface area contributed by atoms with Gasteiger partial charge in [-0.1, -0.05) is 18.5 Å². The second-order valence-electron chi connectivity index (χ2n) is 5.28. The van der Waals surface area contributed by atoms with E-state index < -0.39 is 0 Å². The molecule has 0 aromatic heterocycles. The predicted molar refractivity (Wildman–Crippen MR) is 73.1 cm³/mol. The van der Waals surface area contributed by atoms with Crippen molar-refractivity contribution in [3.8, 4) is 0 Å². The van der Waals surface area contributed by atoms with Crippen LogP contribution in [-0.2, 0) is 19.3 Å². The molecule has 1 aliphatic heterocycles. The maximum Gasteiger partial charge on any atom is 0.0446 e.